The first-order chi connectivity index (χ1) is 14.7. The fraction of sp³-hybridized carbons (Fsp3) is 0.143. The minimum absolute atomic E-state index is 0.0419. The highest BCUT2D eigenvalue weighted by atomic mass is 35.5. The first-order valence-corrected chi connectivity index (χ1v) is 9.74. The second kappa shape index (κ2) is 9.20. The predicted octanol–water partition coefficient (Wildman–Crippen LogP) is 2.52. The number of carbonyl (C=O) groups excluding carboxylic acids is 2. The largest absolute Gasteiger partial charge is 0.454 e. The number of carbonyl (C=O) groups is 2. The third-order valence-electron chi connectivity index (χ3n) is 4.48. The Morgan fingerprint density at radius 2 is 1.65 bits per heavy atom. The summed E-state index contributed by atoms with van der Waals surface area (Å²) >= 11 is 11.7. The normalized spacial score (nSPS) is 10.7. The van der Waals surface area contributed by atoms with Crippen molar-refractivity contribution in [2.75, 3.05) is 12.3 Å². The zero-order chi connectivity index (χ0) is 22.7. The highest BCUT2D eigenvalue weighted by Gasteiger charge is 2.23. The first-order valence-electron chi connectivity index (χ1n) is 8.98. The molecule has 0 aliphatic carbocycles. The van der Waals surface area contributed by atoms with Crippen molar-refractivity contribution in [2.24, 2.45) is 7.05 Å². The van der Waals surface area contributed by atoms with Crippen LogP contribution in [0.3, 0.4) is 0 Å². The molecule has 31 heavy (non-hydrogen) atoms. The second-order valence-corrected chi connectivity index (χ2v) is 7.51. The van der Waals surface area contributed by atoms with Crippen LogP contribution in [0, 0.1) is 0 Å². The van der Waals surface area contributed by atoms with Crippen LogP contribution < -0.4 is 17.0 Å². The van der Waals surface area contributed by atoms with Crippen LogP contribution in [0.15, 0.2) is 58.1 Å². The minimum atomic E-state index is -0.876. The molecule has 0 spiro atoms. The number of ketones is 1. The molecule has 0 saturated carbocycles. The van der Waals surface area contributed by atoms with Crippen LogP contribution in [0.2, 0.25) is 10.0 Å². The van der Waals surface area contributed by atoms with Crippen molar-refractivity contribution in [3.05, 3.63) is 96.1 Å². The number of nitrogen functional groups attached to an aromatic ring is 1. The van der Waals surface area contributed by atoms with Crippen molar-refractivity contribution in [3.63, 3.8) is 0 Å². The van der Waals surface area contributed by atoms with Crippen LogP contribution >= 0.6 is 23.2 Å². The maximum absolute atomic E-state index is 12.7. The van der Waals surface area contributed by atoms with E-state index in [4.69, 9.17) is 33.7 Å². The molecule has 0 aliphatic heterocycles. The lowest BCUT2D eigenvalue weighted by atomic mass is 10.1. The van der Waals surface area contributed by atoms with E-state index in [1.165, 1.54) is 25.2 Å². The summed E-state index contributed by atoms with van der Waals surface area (Å²) in [6, 6.07) is 13.0. The van der Waals surface area contributed by atoms with E-state index >= 15 is 0 Å². The highest BCUT2D eigenvalue weighted by Crippen LogP contribution is 2.19. The number of anilines is 1. The summed E-state index contributed by atoms with van der Waals surface area (Å²) in [4.78, 5) is 50.0. The summed E-state index contributed by atoms with van der Waals surface area (Å²) in [6.07, 6.45) is 0. The molecular weight excluding hydrogens is 445 g/mol. The van der Waals surface area contributed by atoms with E-state index in [-0.39, 0.29) is 28.0 Å². The van der Waals surface area contributed by atoms with Crippen LogP contribution in [0.1, 0.15) is 26.3 Å². The number of nitrogens with two attached hydrogens (primary N) is 1. The molecule has 160 valence electrons. The minimum Gasteiger partial charge on any atom is -0.454 e. The number of esters is 1. The van der Waals surface area contributed by atoms with Crippen molar-refractivity contribution in [1.82, 2.24) is 9.13 Å². The van der Waals surface area contributed by atoms with E-state index in [0.717, 1.165) is 14.7 Å². The molecule has 0 amide bonds. The van der Waals surface area contributed by atoms with Gasteiger partial charge in [0, 0.05) is 17.1 Å². The second-order valence-electron chi connectivity index (χ2n) is 6.64. The van der Waals surface area contributed by atoms with Gasteiger partial charge in [-0.25, -0.2) is 9.59 Å². The molecule has 1 heterocycles. The van der Waals surface area contributed by atoms with Gasteiger partial charge in [-0.15, -0.1) is 0 Å². The monoisotopic (exact) mass is 461 g/mol. The zero-order valence-electron chi connectivity index (χ0n) is 16.3. The van der Waals surface area contributed by atoms with Gasteiger partial charge in [0.05, 0.1) is 12.1 Å². The Morgan fingerprint density at radius 3 is 2.26 bits per heavy atom. The Bertz CT molecular complexity index is 1260. The standard InChI is InChI=1S/C21H17Cl2N3O5/c1-25-19(28)17(18(24)26(21(25)30)10-12-5-3-2-4-6-12)16(27)11-31-20(29)13-7-14(22)9-15(23)8-13/h2-9H,10-11,24H2,1H3. The number of Topliss-reactive ketones (excluding diaryl/α,β-unsaturated/α-hetero) is 1. The quantitative estimate of drug-likeness (QED) is 0.445. The topological polar surface area (TPSA) is 113 Å². The number of halogens is 2. The number of hydrogen-bond donors (Lipinski definition) is 1. The Balaban J connectivity index is 1.89. The molecular formula is C21H17Cl2N3O5. The third kappa shape index (κ3) is 4.87. The van der Waals surface area contributed by atoms with Crippen molar-refractivity contribution in [3.8, 4) is 0 Å². The SMILES string of the molecule is Cn1c(=O)c(C(=O)COC(=O)c2cc(Cl)cc(Cl)c2)c(N)n(Cc2ccccc2)c1=O. The summed E-state index contributed by atoms with van der Waals surface area (Å²) in [5.41, 5.74) is 4.82. The lowest BCUT2D eigenvalue weighted by Crippen LogP contribution is -2.43. The molecule has 3 rings (SSSR count). The Morgan fingerprint density at radius 1 is 1.03 bits per heavy atom. The molecule has 2 aromatic carbocycles. The Kier molecular flexibility index (Phi) is 6.62. The number of nitrogens with zero attached hydrogens (tertiary/aromatic N) is 2. The molecule has 8 nitrogen and oxygen atoms in total. The van der Waals surface area contributed by atoms with Crippen LogP contribution in [0.25, 0.3) is 0 Å². The maximum Gasteiger partial charge on any atom is 0.338 e. The highest BCUT2D eigenvalue weighted by molar-refractivity contribution is 6.35. The summed E-state index contributed by atoms with van der Waals surface area (Å²) < 4.78 is 6.89. The zero-order valence-corrected chi connectivity index (χ0v) is 17.8. The van der Waals surface area contributed by atoms with Crippen molar-refractivity contribution in [1.29, 1.82) is 0 Å². The number of benzene rings is 2. The van der Waals surface area contributed by atoms with Gasteiger partial charge in [0.1, 0.15) is 11.4 Å². The Labute approximate surface area is 186 Å². The average molecular weight is 462 g/mol. The molecule has 0 atom stereocenters. The fourth-order valence-electron chi connectivity index (χ4n) is 2.92. The van der Waals surface area contributed by atoms with Crippen molar-refractivity contribution >= 4 is 40.8 Å². The van der Waals surface area contributed by atoms with E-state index in [2.05, 4.69) is 0 Å². The predicted molar refractivity (Wildman–Crippen MR) is 117 cm³/mol. The van der Waals surface area contributed by atoms with Gasteiger partial charge in [-0.2, -0.15) is 0 Å². The molecule has 0 fully saturated rings. The summed E-state index contributed by atoms with van der Waals surface area (Å²) in [5.74, 6) is -2.00. The average Bonchev–Trinajstić information content (AvgIpc) is 2.73. The number of ether oxygens (including phenoxy) is 1. The van der Waals surface area contributed by atoms with E-state index in [1.54, 1.807) is 24.3 Å². The van der Waals surface area contributed by atoms with E-state index in [0.29, 0.717) is 0 Å². The lowest BCUT2D eigenvalue weighted by Gasteiger charge is -2.14. The number of aromatic nitrogens is 2. The summed E-state index contributed by atoms with van der Waals surface area (Å²) in [6.45, 7) is -0.702. The molecule has 0 unspecified atom stereocenters. The van der Waals surface area contributed by atoms with E-state index in [1.807, 2.05) is 6.07 Å². The van der Waals surface area contributed by atoms with Gasteiger partial charge in [-0.3, -0.25) is 18.7 Å². The van der Waals surface area contributed by atoms with Crippen LogP contribution in [0.5, 0.6) is 0 Å². The lowest BCUT2D eigenvalue weighted by molar-refractivity contribution is 0.0474. The molecule has 0 radical (unpaired) electrons. The Hall–Kier alpha value is -3.36. The van der Waals surface area contributed by atoms with Gasteiger partial charge in [-0.05, 0) is 23.8 Å². The number of rotatable bonds is 6. The van der Waals surface area contributed by atoms with Gasteiger partial charge in [-0.1, -0.05) is 53.5 Å². The molecule has 2 N–H and O–H groups in total. The third-order valence-corrected chi connectivity index (χ3v) is 4.91. The molecule has 0 aliphatic rings. The van der Waals surface area contributed by atoms with Gasteiger partial charge in [0.2, 0.25) is 5.78 Å². The summed E-state index contributed by atoms with van der Waals surface area (Å²) in [7, 11) is 1.24. The molecule has 10 heteroatoms. The molecule has 0 saturated heterocycles. The van der Waals surface area contributed by atoms with Gasteiger partial charge in [0.25, 0.3) is 5.56 Å². The van der Waals surface area contributed by atoms with Crippen molar-refractivity contribution < 1.29 is 14.3 Å². The molecule has 1 aromatic heterocycles. The van der Waals surface area contributed by atoms with Crippen molar-refractivity contribution in [2.45, 2.75) is 6.54 Å². The van der Waals surface area contributed by atoms with Gasteiger partial charge >= 0.3 is 11.7 Å². The molecule has 0 bridgehead atoms. The fourth-order valence-corrected chi connectivity index (χ4v) is 3.45. The first kappa shape index (κ1) is 22.3. The maximum atomic E-state index is 12.7. The van der Waals surface area contributed by atoms with E-state index < -0.39 is 35.2 Å². The molecule has 3 aromatic rings. The number of hydrogen-bond acceptors (Lipinski definition) is 6. The van der Waals surface area contributed by atoms with Crippen LogP contribution in [-0.2, 0) is 18.3 Å². The van der Waals surface area contributed by atoms with Gasteiger partial charge in [0.15, 0.2) is 6.61 Å². The summed E-state index contributed by atoms with van der Waals surface area (Å²) in [5, 5.41) is 0.439. The smallest absolute Gasteiger partial charge is 0.338 e. The van der Waals surface area contributed by atoms with Crippen LogP contribution in [-0.4, -0.2) is 27.5 Å². The van der Waals surface area contributed by atoms with Crippen LogP contribution in [0.4, 0.5) is 5.82 Å². The van der Waals surface area contributed by atoms with Gasteiger partial charge < -0.3 is 10.5 Å². The van der Waals surface area contributed by atoms with E-state index in [9.17, 15) is 19.2 Å².